The van der Waals surface area contributed by atoms with E-state index in [-0.39, 0.29) is 5.60 Å². The first-order chi connectivity index (χ1) is 7.72. The number of hydrogen-bond acceptors (Lipinski definition) is 2. The minimum absolute atomic E-state index is 0.00705. The molecule has 1 N–H and O–H groups in total. The Morgan fingerprint density at radius 2 is 1.59 bits per heavy atom. The van der Waals surface area contributed by atoms with Gasteiger partial charge in [-0.1, -0.05) is 27.7 Å². The van der Waals surface area contributed by atoms with E-state index in [1.54, 1.807) is 0 Å². The van der Waals surface area contributed by atoms with E-state index in [0.717, 1.165) is 43.9 Å². The van der Waals surface area contributed by atoms with Crippen molar-refractivity contribution in [3.63, 3.8) is 0 Å². The van der Waals surface area contributed by atoms with Gasteiger partial charge in [-0.05, 0) is 58.0 Å². The van der Waals surface area contributed by atoms with Crippen LogP contribution in [0.25, 0.3) is 0 Å². The summed E-state index contributed by atoms with van der Waals surface area (Å²) in [6.07, 6.45) is 1.15. The Morgan fingerprint density at radius 3 is 2.00 bits per heavy atom. The minimum Gasteiger partial charge on any atom is -0.376 e. The summed E-state index contributed by atoms with van der Waals surface area (Å²) in [5.74, 6) is 2.17. The molecule has 0 aromatic rings. The molecule has 0 aromatic carbocycles. The van der Waals surface area contributed by atoms with Gasteiger partial charge >= 0.3 is 0 Å². The monoisotopic (exact) mass is 243 g/mol. The third-order valence-corrected chi connectivity index (χ3v) is 2.93. The number of rotatable bonds is 8. The van der Waals surface area contributed by atoms with Crippen LogP contribution in [0, 0.1) is 17.8 Å². The molecule has 0 heterocycles. The molecular weight excluding hydrogens is 210 g/mol. The van der Waals surface area contributed by atoms with Crippen LogP contribution in [0.4, 0.5) is 0 Å². The van der Waals surface area contributed by atoms with Crippen LogP contribution in [0.1, 0.15) is 54.9 Å². The third-order valence-electron chi connectivity index (χ3n) is 2.93. The lowest BCUT2D eigenvalue weighted by Crippen LogP contribution is -2.30. The quantitative estimate of drug-likeness (QED) is 0.701. The van der Waals surface area contributed by atoms with Crippen LogP contribution in [0.5, 0.6) is 0 Å². The highest BCUT2D eigenvalue weighted by atomic mass is 16.5. The van der Waals surface area contributed by atoms with Crippen molar-refractivity contribution in [1.82, 2.24) is 5.32 Å². The zero-order chi connectivity index (χ0) is 13.5. The molecule has 2 heteroatoms. The first kappa shape index (κ1) is 16.9. The van der Waals surface area contributed by atoms with Gasteiger partial charge in [0.15, 0.2) is 0 Å². The van der Waals surface area contributed by atoms with E-state index >= 15 is 0 Å². The van der Waals surface area contributed by atoms with Gasteiger partial charge in [0.1, 0.15) is 0 Å². The highest BCUT2D eigenvalue weighted by molar-refractivity contribution is 4.68. The zero-order valence-corrected chi connectivity index (χ0v) is 13.0. The molecular formula is C15H33NO. The van der Waals surface area contributed by atoms with Crippen molar-refractivity contribution >= 4 is 0 Å². The fourth-order valence-corrected chi connectivity index (χ4v) is 1.74. The molecule has 0 fully saturated rings. The summed E-state index contributed by atoms with van der Waals surface area (Å²) in [7, 11) is 0. The second-order valence-electron chi connectivity index (χ2n) is 6.81. The van der Waals surface area contributed by atoms with Gasteiger partial charge in [-0.15, -0.1) is 0 Å². The highest BCUT2D eigenvalue weighted by Crippen LogP contribution is 2.16. The fourth-order valence-electron chi connectivity index (χ4n) is 1.74. The van der Waals surface area contributed by atoms with Crippen molar-refractivity contribution in [1.29, 1.82) is 0 Å². The molecule has 0 saturated carbocycles. The maximum atomic E-state index is 5.81. The van der Waals surface area contributed by atoms with Gasteiger partial charge in [0, 0.05) is 6.61 Å². The molecule has 17 heavy (non-hydrogen) atoms. The van der Waals surface area contributed by atoms with Crippen molar-refractivity contribution in [2.24, 2.45) is 17.8 Å². The molecule has 0 rings (SSSR count). The summed E-state index contributed by atoms with van der Waals surface area (Å²) in [6, 6.07) is 0. The molecule has 0 radical (unpaired) electrons. The van der Waals surface area contributed by atoms with E-state index in [2.05, 4.69) is 53.8 Å². The lowest BCUT2D eigenvalue weighted by Gasteiger charge is -2.25. The highest BCUT2D eigenvalue weighted by Gasteiger charge is 2.15. The van der Waals surface area contributed by atoms with Gasteiger partial charge in [-0.3, -0.25) is 0 Å². The normalized spacial score (nSPS) is 14.6. The van der Waals surface area contributed by atoms with Gasteiger partial charge in [-0.25, -0.2) is 0 Å². The third kappa shape index (κ3) is 10.8. The minimum atomic E-state index is -0.00705. The lowest BCUT2D eigenvalue weighted by molar-refractivity contribution is -0.0115. The van der Waals surface area contributed by atoms with Gasteiger partial charge < -0.3 is 10.1 Å². The predicted molar refractivity (Wildman–Crippen MR) is 76.4 cm³/mol. The Kier molecular flexibility index (Phi) is 8.06. The number of ether oxygens (including phenoxy) is 1. The average Bonchev–Trinajstić information content (AvgIpc) is 2.12. The Balaban J connectivity index is 3.83. The molecule has 2 nitrogen and oxygen atoms in total. The maximum absolute atomic E-state index is 5.81. The molecule has 1 atom stereocenters. The second kappa shape index (κ2) is 8.10. The SMILES string of the molecule is CC(C)CNCC(CCOC(C)(C)C)C(C)C. The van der Waals surface area contributed by atoms with Gasteiger partial charge in [0.25, 0.3) is 0 Å². The Morgan fingerprint density at radius 1 is 1.00 bits per heavy atom. The van der Waals surface area contributed by atoms with Gasteiger partial charge in [-0.2, -0.15) is 0 Å². The van der Waals surface area contributed by atoms with Crippen LogP contribution >= 0.6 is 0 Å². The lowest BCUT2D eigenvalue weighted by atomic mass is 9.92. The second-order valence-corrected chi connectivity index (χ2v) is 6.81. The zero-order valence-electron chi connectivity index (χ0n) is 13.0. The van der Waals surface area contributed by atoms with E-state index in [9.17, 15) is 0 Å². The molecule has 0 aliphatic heterocycles. The van der Waals surface area contributed by atoms with Crippen LogP contribution in [0.2, 0.25) is 0 Å². The van der Waals surface area contributed by atoms with E-state index in [0.29, 0.717) is 0 Å². The summed E-state index contributed by atoms with van der Waals surface area (Å²) in [5.41, 5.74) is -0.00705. The fraction of sp³-hybridized carbons (Fsp3) is 1.00. The van der Waals surface area contributed by atoms with Gasteiger partial charge in [0.2, 0.25) is 0 Å². The van der Waals surface area contributed by atoms with Crippen molar-refractivity contribution in [2.45, 2.75) is 60.5 Å². The average molecular weight is 243 g/mol. The largest absolute Gasteiger partial charge is 0.376 e. The summed E-state index contributed by atoms with van der Waals surface area (Å²) in [5, 5.41) is 3.56. The van der Waals surface area contributed by atoms with Crippen molar-refractivity contribution in [2.75, 3.05) is 19.7 Å². The van der Waals surface area contributed by atoms with E-state index in [1.807, 2.05) is 0 Å². The number of hydrogen-bond donors (Lipinski definition) is 1. The Hall–Kier alpha value is -0.0800. The van der Waals surface area contributed by atoms with Crippen LogP contribution in [-0.4, -0.2) is 25.3 Å². The predicted octanol–water partition coefficient (Wildman–Crippen LogP) is 3.71. The molecule has 0 aliphatic rings. The smallest absolute Gasteiger partial charge is 0.0598 e. The molecule has 0 bridgehead atoms. The van der Waals surface area contributed by atoms with Crippen molar-refractivity contribution in [3.8, 4) is 0 Å². The summed E-state index contributed by atoms with van der Waals surface area (Å²) >= 11 is 0. The van der Waals surface area contributed by atoms with Crippen molar-refractivity contribution < 1.29 is 4.74 Å². The molecule has 0 saturated heterocycles. The molecule has 0 aromatic heterocycles. The van der Waals surface area contributed by atoms with Crippen LogP contribution in [0.3, 0.4) is 0 Å². The van der Waals surface area contributed by atoms with Crippen LogP contribution in [-0.2, 0) is 4.74 Å². The van der Waals surface area contributed by atoms with Crippen molar-refractivity contribution in [3.05, 3.63) is 0 Å². The van der Waals surface area contributed by atoms with E-state index in [1.165, 1.54) is 0 Å². The summed E-state index contributed by atoms with van der Waals surface area (Å²) in [4.78, 5) is 0. The number of nitrogens with one attached hydrogen (secondary N) is 1. The van der Waals surface area contributed by atoms with E-state index < -0.39 is 0 Å². The summed E-state index contributed by atoms with van der Waals surface area (Å²) in [6.45, 7) is 18.6. The molecule has 0 spiro atoms. The first-order valence-corrected chi connectivity index (χ1v) is 7.07. The Bertz CT molecular complexity index is 182. The standard InChI is InChI=1S/C15H33NO/c1-12(2)10-16-11-14(13(3)4)8-9-17-15(5,6)7/h12-14,16H,8-11H2,1-7H3. The molecule has 0 amide bonds. The molecule has 1 unspecified atom stereocenters. The van der Waals surface area contributed by atoms with Crippen LogP contribution < -0.4 is 5.32 Å². The topological polar surface area (TPSA) is 21.3 Å². The maximum Gasteiger partial charge on any atom is 0.0598 e. The van der Waals surface area contributed by atoms with Crippen LogP contribution in [0.15, 0.2) is 0 Å². The molecule has 0 aliphatic carbocycles. The Labute approximate surface area is 109 Å². The first-order valence-electron chi connectivity index (χ1n) is 7.07. The summed E-state index contributed by atoms with van der Waals surface area (Å²) < 4.78 is 5.81. The van der Waals surface area contributed by atoms with E-state index in [4.69, 9.17) is 4.74 Å². The molecule has 104 valence electrons. The van der Waals surface area contributed by atoms with Gasteiger partial charge in [0.05, 0.1) is 5.60 Å².